The summed E-state index contributed by atoms with van der Waals surface area (Å²) in [6, 6.07) is 0. The first kappa shape index (κ1) is 19.8. The molecule has 2 nitrogen and oxygen atoms in total. The van der Waals surface area contributed by atoms with Crippen LogP contribution in [0.5, 0.6) is 0 Å². The Kier molecular flexibility index (Phi) is 4.99. The maximum atomic E-state index is 13.6. The predicted molar refractivity (Wildman–Crippen MR) is 61.9 cm³/mol. The van der Waals surface area contributed by atoms with Crippen LogP contribution < -0.4 is 7.22 Å². The van der Waals surface area contributed by atoms with Crippen LogP contribution >= 0.6 is 0 Å². The molecule has 2 aromatic rings. The van der Waals surface area contributed by atoms with E-state index in [0.717, 1.165) is 0 Å². The second-order valence-electron chi connectivity index (χ2n) is 4.35. The summed E-state index contributed by atoms with van der Waals surface area (Å²) in [7, 11) is 0. The van der Waals surface area contributed by atoms with Crippen LogP contribution in [0.2, 0.25) is 0 Å². The third-order valence-corrected chi connectivity index (χ3v) is 8.20. The molecule has 2 N–H and O–H groups in total. The van der Waals surface area contributed by atoms with Crippen molar-refractivity contribution in [3.05, 3.63) is 58.2 Å². The van der Waals surface area contributed by atoms with Gasteiger partial charge in [-0.15, -0.1) is 0 Å². The summed E-state index contributed by atoms with van der Waals surface area (Å²) in [5.74, 6) is -27.7. The van der Waals surface area contributed by atoms with Gasteiger partial charge in [0.2, 0.25) is 0 Å². The average Bonchev–Trinajstić information content (AvgIpc) is 2.54. The van der Waals surface area contributed by atoms with Crippen molar-refractivity contribution in [2.24, 2.45) is 0 Å². The van der Waals surface area contributed by atoms with Crippen LogP contribution in [0.1, 0.15) is 0 Å². The van der Waals surface area contributed by atoms with E-state index in [0.29, 0.717) is 0 Å². The van der Waals surface area contributed by atoms with E-state index in [1.54, 1.807) is 0 Å². The van der Waals surface area contributed by atoms with Crippen molar-refractivity contribution in [2.45, 2.75) is 0 Å². The summed E-state index contributed by atoms with van der Waals surface area (Å²) in [5.41, 5.74) is 0. The van der Waals surface area contributed by atoms with Gasteiger partial charge in [-0.1, -0.05) is 0 Å². The normalized spacial score (nSPS) is 12.6. The molecule has 0 saturated heterocycles. The molecule has 0 aliphatic heterocycles. The molecule has 2 aromatic carbocycles. The monoisotopic (exact) mass is 498 g/mol. The third-order valence-electron chi connectivity index (χ3n) is 2.91. The molecule has 2 rings (SSSR count). The topological polar surface area (TPSA) is 40.5 Å². The molecule has 0 spiro atoms. The van der Waals surface area contributed by atoms with E-state index in [2.05, 4.69) is 0 Å². The van der Waals surface area contributed by atoms with Crippen molar-refractivity contribution in [2.75, 3.05) is 0 Å². The molecule has 0 atom stereocenters. The van der Waals surface area contributed by atoms with Crippen LogP contribution in [0.3, 0.4) is 0 Å². The zero-order valence-electron chi connectivity index (χ0n) is 11.1. The third kappa shape index (κ3) is 2.75. The van der Waals surface area contributed by atoms with Crippen LogP contribution in [0.25, 0.3) is 0 Å². The molecule has 0 amide bonds. The number of rotatable bonds is 2. The minimum atomic E-state index is -7.26. The van der Waals surface area contributed by atoms with Crippen molar-refractivity contribution in [1.29, 1.82) is 0 Å². The number of benzene rings is 2. The Morgan fingerprint density at radius 2 is 0.520 bits per heavy atom. The van der Waals surface area contributed by atoms with Gasteiger partial charge in [-0.05, 0) is 0 Å². The van der Waals surface area contributed by atoms with Gasteiger partial charge in [-0.3, -0.25) is 0 Å². The van der Waals surface area contributed by atoms with Gasteiger partial charge in [0.25, 0.3) is 0 Å². The zero-order chi connectivity index (χ0) is 19.4. The van der Waals surface area contributed by atoms with Gasteiger partial charge in [-0.2, -0.15) is 0 Å². The van der Waals surface area contributed by atoms with E-state index in [1.807, 2.05) is 0 Å². The summed E-state index contributed by atoms with van der Waals surface area (Å²) < 4.78 is 147. The molecule has 13 heteroatoms. The first-order valence-corrected chi connectivity index (χ1v) is 10.1. The summed E-state index contributed by atoms with van der Waals surface area (Å²) in [4.78, 5) is 0. The Labute approximate surface area is 135 Å². The van der Waals surface area contributed by atoms with Crippen molar-refractivity contribution in [3.63, 3.8) is 0 Å². The van der Waals surface area contributed by atoms with Gasteiger partial charge in [0.1, 0.15) is 0 Å². The van der Waals surface area contributed by atoms with Crippen LogP contribution in [0.4, 0.5) is 43.9 Å². The Balaban J connectivity index is 2.96. The van der Waals surface area contributed by atoms with Crippen molar-refractivity contribution >= 4 is 26.2 Å². The van der Waals surface area contributed by atoms with Crippen molar-refractivity contribution < 1.29 is 50.8 Å². The summed E-state index contributed by atoms with van der Waals surface area (Å²) in [5, 5.41) is 0. The molecule has 0 aromatic heterocycles. The average molecular weight is 496 g/mol. The molecular weight excluding hydrogens is 494 g/mol. The molecule has 0 unspecified atom stereocenters. The molecule has 25 heavy (non-hydrogen) atoms. The van der Waals surface area contributed by atoms with Crippen LogP contribution in [0.15, 0.2) is 0 Å². The van der Waals surface area contributed by atoms with Gasteiger partial charge in [0.05, 0.1) is 0 Å². The van der Waals surface area contributed by atoms with Gasteiger partial charge in [0.15, 0.2) is 0 Å². The molecule has 138 valence electrons. The molecule has 0 aliphatic carbocycles. The fraction of sp³-hybridized carbons (Fsp3) is 0. The Bertz CT molecular complexity index is 769. The van der Waals surface area contributed by atoms with Crippen molar-refractivity contribution in [3.8, 4) is 0 Å². The van der Waals surface area contributed by atoms with Crippen LogP contribution in [0, 0.1) is 58.2 Å². The van der Waals surface area contributed by atoms with Gasteiger partial charge in [0, 0.05) is 0 Å². The van der Waals surface area contributed by atoms with E-state index < -0.39 is 84.4 Å². The van der Waals surface area contributed by atoms with E-state index in [4.69, 9.17) is 0 Å². The fourth-order valence-corrected chi connectivity index (χ4v) is 6.23. The van der Waals surface area contributed by atoms with Crippen molar-refractivity contribution in [1.82, 2.24) is 0 Å². The predicted octanol–water partition coefficient (Wildman–Crippen LogP) is 1.62. The zero-order valence-corrected chi connectivity index (χ0v) is 13.4. The Morgan fingerprint density at radius 1 is 0.360 bits per heavy atom. The SMILES string of the molecule is O[Te](O)(c1c(F)c(F)c(F)c(F)c1F)c1c(F)c(F)c(F)c(F)c1F. The first-order chi connectivity index (χ1) is 11.4. The molecule has 0 heterocycles. The van der Waals surface area contributed by atoms with Gasteiger partial charge >= 0.3 is 135 Å². The quantitative estimate of drug-likeness (QED) is 0.288. The summed E-state index contributed by atoms with van der Waals surface area (Å²) in [6.45, 7) is 0. The molecule has 0 saturated carbocycles. The standard InChI is InChI=1S/C12H2F10O2Te/c13-1-3(15)7(19)11(8(20)4(1)16)25(23,24)12-9(21)5(17)2(14)6(18)10(12)22/h23-24H. The van der Waals surface area contributed by atoms with Gasteiger partial charge in [-0.25, -0.2) is 0 Å². The molecular formula is C12H2F10O2Te. The fourth-order valence-electron chi connectivity index (χ4n) is 1.77. The molecule has 0 radical (unpaired) electrons. The molecule has 0 aliphatic rings. The number of hydrogen-bond donors (Lipinski definition) is 2. The Hall–Kier alpha value is -1.55. The summed E-state index contributed by atoms with van der Waals surface area (Å²) >= 11 is -7.26. The minimum absolute atomic E-state index is 2.44. The Morgan fingerprint density at radius 3 is 0.720 bits per heavy atom. The second kappa shape index (κ2) is 6.31. The van der Waals surface area contributed by atoms with E-state index in [-0.39, 0.29) is 0 Å². The van der Waals surface area contributed by atoms with E-state index in [1.165, 1.54) is 0 Å². The van der Waals surface area contributed by atoms with Crippen LogP contribution in [-0.4, -0.2) is 25.9 Å². The van der Waals surface area contributed by atoms with Crippen LogP contribution in [-0.2, 0) is 0 Å². The molecule has 0 fully saturated rings. The summed E-state index contributed by atoms with van der Waals surface area (Å²) in [6.07, 6.45) is 0. The second-order valence-corrected chi connectivity index (χ2v) is 9.81. The number of hydrogen-bond acceptors (Lipinski definition) is 2. The van der Waals surface area contributed by atoms with Gasteiger partial charge < -0.3 is 0 Å². The maximum absolute atomic E-state index is 13.6. The van der Waals surface area contributed by atoms with E-state index in [9.17, 15) is 50.8 Å². The first-order valence-electron chi connectivity index (χ1n) is 5.66. The molecule has 0 bridgehead atoms. The number of halogens is 10. The van der Waals surface area contributed by atoms with E-state index >= 15 is 0 Å².